The van der Waals surface area contributed by atoms with Crippen molar-refractivity contribution in [2.75, 3.05) is 6.54 Å². The number of amides is 1. The van der Waals surface area contributed by atoms with Gasteiger partial charge in [-0.2, -0.15) is 0 Å². The summed E-state index contributed by atoms with van der Waals surface area (Å²) < 4.78 is 5.52. The fraction of sp³-hybridized carbons (Fsp3) is 0.185. The summed E-state index contributed by atoms with van der Waals surface area (Å²) in [6.45, 7) is 4.07. The third kappa shape index (κ3) is 3.63. The molecule has 3 heterocycles. The number of nitrogens with zero attached hydrogens (tertiary/aromatic N) is 1. The van der Waals surface area contributed by atoms with Gasteiger partial charge in [-0.15, -0.1) is 0 Å². The average molecular weight is 440 g/mol. The first-order chi connectivity index (χ1) is 15.9. The van der Waals surface area contributed by atoms with E-state index in [-0.39, 0.29) is 11.3 Å². The zero-order valence-electron chi connectivity index (χ0n) is 18.5. The van der Waals surface area contributed by atoms with Gasteiger partial charge in [0.05, 0.1) is 11.6 Å². The summed E-state index contributed by atoms with van der Waals surface area (Å²) in [5, 5.41) is 11.9. The SMILES string of the molecule is Cc1ccc(C2C(C(=O)c3ccc(C)o3)=C(O)C(=O)N2CCc2c[nH]c3ccccc23)cc1. The van der Waals surface area contributed by atoms with E-state index in [1.165, 1.54) is 0 Å². The highest BCUT2D eigenvalue weighted by atomic mass is 16.3. The number of H-pyrrole nitrogens is 1. The number of aliphatic hydroxyl groups is 1. The zero-order valence-corrected chi connectivity index (χ0v) is 18.5. The van der Waals surface area contributed by atoms with Gasteiger partial charge < -0.3 is 19.4 Å². The molecule has 0 saturated carbocycles. The van der Waals surface area contributed by atoms with Crippen molar-refractivity contribution in [2.45, 2.75) is 26.3 Å². The molecule has 6 heteroatoms. The molecular weight excluding hydrogens is 416 g/mol. The molecule has 0 aliphatic carbocycles. The van der Waals surface area contributed by atoms with Crippen LogP contribution in [0.4, 0.5) is 0 Å². The summed E-state index contributed by atoms with van der Waals surface area (Å²) in [6.07, 6.45) is 2.52. The largest absolute Gasteiger partial charge is 0.503 e. The molecule has 0 saturated heterocycles. The standard InChI is InChI=1S/C27H24N2O4/c1-16-7-10-18(11-8-16)24-23(25(30)22-12-9-17(2)33-22)26(31)27(32)29(24)14-13-19-15-28-21-6-4-3-5-20(19)21/h3-12,15,24,28,31H,13-14H2,1-2H3. The molecule has 0 radical (unpaired) electrons. The number of fused-ring (bicyclic) bond motifs is 1. The van der Waals surface area contributed by atoms with Crippen molar-refractivity contribution in [2.24, 2.45) is 0 Å². The number of aromatic amines is 1. The van der Waals surface area contributed by atoms with Crippen LogP contribution in [0.25, 0.3) is 10.9 Å². The Balaban J connectivity index is 1.51. The van der Waals surface area contributed by atoms with Crippen LogP contribution in [0, 0.1) is 13.8 Å². The molecule has 2 aromatic heterocycles. The summed E-state index contributed by atoms with van der Waals surface area (Å²) in [5.41, 5.74) is 3.99. The lowest BCUT2D eigenvalue weighted by molar-refractivity contribution is -0.129. The molecule has 1 atom stereocenters. The predicted molar refractivity (Wildman–Crippen MR) is 125 cm³/mol. The van der Waals surface area contributed by atoms with Crippen LogP contribution in [-0.4, -0.2) is 33.2 Å². The van der Waals surface area contributed by atoms with Crippen LogP contribution in [0.5, 0.6) is 0 Å². The van der Waals surface area contributed by atoms with Crippen molar-refractivity contribution in [3.8, 4) is 0 Å². The first kappa shape index (κ1) is 20.8. The zero-order chi connectivity index (χ0) is 23.1. The van der Waals surface area contributed by atoms with Crippen molar-refractivity contribution in [3.05, 3.63) is 106 Å². The lowest BCUT2D eigenvalue weighted by Crippen LogP contribution is -2.33. The van der Waals surface area contributed by atoms with Crippen molar-refractivity contribution in [1.29, 1.82) is 0 Å². The molecule has 0 spiro atoms. The highest BCUT2D eigenvalue weighted by Gasteiger charge is 2.44. The number of rotatable bonds is 6. The smallest absolute Gasteiger partial charge is 0.290 e. The monoisotopic (exact) mass is 440 g/mol. The van der Waals surface area contributed by atoms with Gasteiger partial charge >= 0.3 is 0 Å². The van der Waals surface area contributed by atoms with E-state index in [2.05, 4.69) is 4.98 Å². The molecule has 2 aromatic carbocycles. The molecule has 0 fully saturated rings. The Hall–Kier alpha value is -4.06. The Kier molecular flexibility index (Phi) is 5.13. The van der Waals surface area contributed by atoms with E-state index in [1.54, 1.807) is 24.0 Å². The Morgan fingerprint density at radius 1 is 1.06 bits per heavy atom. The quantitative estimate of drug-likeness (QED) is 0.404. The fourth-order valence-electron chi connectivity index (χ4n) is 4.48. The van der Waals surface area contributed by atoms with Crippen LogP contribution in [0.1, 0.15) is 39.0 Å². The normalized spacial score (nSPS) is 16.2. The average Bonchev–Trinajstić information content (AvgIpc) is 3.50. The maximum atomic E-state index is 13.3. The van der Waals surface area contributed by atoms with E-state index in [0.717, 1.165) is 27.6 Å². The van der Waals surface area contributed by atoms with E-state index < -0.39 is 23.5 Å². The number of hydrogen-bond donors (Lipinski definition) is 2. The second-order valence-electron chi connectivity index (χ2n) is 8.42. The lowest BCUT2D eigenvalue weighted by Gasteiger charge is -2.26. The van der Waals surface area contributed by atoms with Gasteiger partial charge in [-0.25, -0.2) is 0 Å². The summed E-state index contributed by atoms with van der Waals surface area (Å²) in [6, 6.07) is 18.2. The van der Waals surface area contributed by atoms with E-state index in [1.807, 2.05) is 61.7 Å². The van der Waals surface area contributed by atoms with Gasteiger partial charge in [-0.3, -0.25) is 9.59 Å². The van der Waals surface area contributed by atoms with Crippen LogP contribution in [0.2, 0.25) is 0 Å². The fourth-order valence-corrected chi connectivity index (χ4v) is 4.48. The number of benzene rings is 2. The Morgan fingerprint density at radius 2 is 1.82 bits per heavy atom. The minimum atomic E-state index is -0.693. The molecule has 1 unspecified atom stereocenters. The van der Waals surface area contributed by atoms with Gasteiger partial charge in [-0.05, 0) is 49.6 Å². The van der Waals surface area contributed by atoms with E-state index >= 15 is 0 Å². The number of ketones is 1. The first-order valence-corrected chi connectivity index (χ1v) is 10.9. The summed E-state index contributed by atoms with van der Waals surface area (Å²) in [4.78, 5) is 31.3. The topological polar surface area (TPSA) is 86.5 Å². The highest BCUT2D eigenvalue weighted by Crippen LogP contribution is 2.39. The highest BCUT2D eigenvalue weighted by molar-refractivity contribution is 6.15. The first-order valence-electron chi connectivity index (χ1n) is 10.9. The van der Waals surface area contributed by atoms with Crippen molar-refractivity contribution < 1.29 is 19.1 Å². The molecule has 1 aliphatic rings. The molecule has 166 valence electrons. The minimum absolute atomic E-state index is 0.0529. The maximum Gasteiger partial charge on any atom is 0.290 e. The van der Waals surface area contributed by atoms with Gasteiger partial charge in [0.2, 0.25) is 5.78 Å². The number of carbonyl (C=O) groups excluding carboxylic acids is 2. The van der Waals surface area contributed by atoms with Crippen molar-refractivity contribution >= 4 is 22.6 Å². The summed E-state index contributed by atoms with van der Waals surface area (Å²) >= 11 is 0. The molecule has 6 nitrogen and oxygen atoms in total. The van der Waals surface area contributed by atoms with Crippen molar-refractivity contribution in [3.63, 3.8) is 0 Å². The number of carbonyl (C=O) groups is 2. The van der Waals surface area contributed by atoms with Crippen LogP contribution in [0.15, 0.2) is 82.6 Å². The van der Waals surface area contributed by atoms with Gasteiger partial charge in [-0.1, -0.05) is 48.0 Å². The number of nitrogens with one attached hydrogen (secondary N) is 1. The molecular formula is C27H24N2O4. The van der Waals surface area contributed by atoms with Gasteiger partial charge in [0.1, 0.15) is 5.76 Å². The van der Waals surface area contributed by atoms with E-state index in [0.29, 0.717) is 18.7 Å². The van der Waals surface area contributed by atoms with Gasteiger partial charge in [0, 0.05) is 23.6 Å². The second kappa shape index (κ2) is 8.13. The Bertz CT molecular complexity index is 1390. The van der Waals surface area contributed by atoms with Crippen LogP contribution in [-0.2, 0) is 11.2 Å². The maximum absolute atomic E-state index is 13.3. The number of furan rings is 1. The Morgan fingerprint density at radius 3 is 2.55 bits per heavy atom. The minimum Gasteiger partial charge on any atom is -0.503 e. The number of hydrogen-bond acceptors (Lipinski definition) is 4. The van der Waals surface area contributed by atoms with Crippen LogP contribution < -0.4 is 0 Å². The molecule has 4 aromatic rings. The van der Waals surface area contributed by atoms with Crippen molar-refractivity contribution in [1.82, 2.24) is 9.88 Å². The molecule has 1 amide bonds. The number of aryl methyl sites for hydroxylation is 2. The van der Waals surface area contributed by atoms with Gasteiger partial charge in [0.15, 0.2) is 11.5 Å². The van der Waals surface area contributed by atoms with E-state index in [4.69, 9.17) is 4.42 Å². The molecule has 1 aliphatic heterocycles. The lowest BCUT2D eigenvalue weighted by atomic mass is 9.94. The molecule has 0 bridgehead atoms. The van der Waals surface area contributed by atoms with Gasteiger partial charge in [0.25, 0.3) is 5.91 Å². The Labute approximate surface area is 191 Å². The third-order valence-corrected chi connectivity index (χ3v) is 6.20. The summed E-state index contributed by atoms with van der Waals surface area (Å²) in [5.74, 6) is -0.844. The second-order valence-corrected chi connectivity index (χ2v) is 8.42. The predicted octanol–water partition coefficient (Wildman–Crippen LogP) is 5.20. The number of Topliss-reactive ketones (excluding diaryl/α,β-unsaturated/α-hetero) is 1. The number of para-hydroxylation sites is 1. The number of aromatic nitrogens is 1. The molecule has 33 heavy (non-hydrogen) atoms. The third-order valence-electron chi connectivity index (χ3n) is 6.20. The van der Waals surface area contributed by atoms with Crippen LogP contribution in [0.3, 0.4) is 0 Å². The van der Waals surface area contributed by atoms with E-state index in [9.17, 15) is 14.7 Å². The number of aliphatic hydroxyl groups excluding tert-OH is 1. The molecule has 2 N–H and O–H groups in total. The summed E-state index contributed by atoms with van der Waals surface area (Å²) in [7, 11) is 0. The van der Waals surface area contributed by atoms with Crippen LogP contribution >= 0.6 is 0 Å². The molecule has 5 rings (SSSR count).